The van der Waals surface area contributed by atoms with Crippen LogP contribution in [0, 0.1) is 10.1 Å². The minimum absolute atomic E-state index is 0.0456. The van der Waals surface area contributed by atoms with E-state index in [1.54, 1.807) is 18.2 Å². The van der Waals surface area contributed by atoms with E-state index in [2.05, 4.69) is 0 Å². The molecule has 0 amide bonds. The lowest BCUT2D eigenvalue weighted by Gasteiger charge is -1.98. The van der Waals surface area contributed by atoms with Crippen molar-refractivity contribution in [3.8, 4) is 0 Å². The summed E-state index contributed by atoms with van der Waals surface area (Å²) < 4.78 is 0. The molecule has 1 aromatic rings. The second-order valence-electron chi connectivity index (χ2n) is 2.13. The summed E-state index contributed by atoms with van der Waals surface area (Å²) in [5.74, 6) is 0. The van der Waals surface area contributed by atoms with Gasteiger partial charge in [0.05, 0.1) is 6.61 Å². The maximum Gasteiger partial charge on any atom is 0.291 e. The molecule has 0 radical (unpaired) electrons. The first-order chi connectivity index (χ1) is 6.47. The van der Waals surface area contributed by atoms with Gasteiger partial charge in [-0.2, -0.15) is 0 Å². The lowest BCUT2D eigenvalue weighted by molar-refractivity contribution is -0.742. The maximum atomic E-state index is 8.68. The van der Waals surface area contributed by atoms with Crippen molar-refractivity contribution in [3.63, 3.8) is 0 Å². The predicted octanol–water partition coefficient (Wildman–Crippen LogP) is 2.14. The Morgan fingerprint density at radius 3 is 2.29 bits per heavy atom. The van der Waals surface area contributed by atoms with E-state index in [0.717, 1.165) is 0 Å². The molecule has 1 rings (SSSR count). The highest BCUT2D eigenvalue weighted by atomic mass is 35.5. The Bertz CT molecular complexity index is 315. The number of halogens is 2. The second-order valence-corrected chi connectivity index (χ2v) is 2.98. The largest absolute Gasteiger partial charge is 0.392 e. The molecular formula is C7H7Cl2NO4. The van der Waals surface area contributed by atoms with Gasteiger partial charge in [0.25, 0.3) is 5.09 Å². The molecule has 0 aliphatic carbocycles. The normalized spacial score (nSPS) is 8.79. The molecular weight excluding hydrogens is 233 g/mol. The van der Waals surface area contributed by atoms with E-state index >= 15 is 0 Å². The van der Waals surface area contributed by atoms with Gasteiger partial charge in [0.15, 0.2) is 0 Å². The fraction of sp³-hybridized carbons (Fsp3) is 0.143. The van der Waals surface area contributed by atoms with E-state index in [9.17, 15) is 0 Å². The lowest BCUT2D eigenvalue weighted by atomic mass is 10.2. The SMILES string of the molecule is O=[N+]([O-])O.OCc1ccc(Cl)cc1Cl. The molecule has 0 aromatic heterocycles. The molecule has 0 bridgehead atoms. The van der Waals surface area contributed by atoms with Gasteiger partial charge < -0.3 is 10.3 Å². The molecule has 0 aliphatic rings. The number of nitrogens with zero attached hydrogens (tertiary/aromatic N) is 1. The third-order valence-corrected chi connectivity index (χ3v) is 1.77. The maximum absolute atomic E-state index is 8.68. The molecule has 0 spiro atoms. The molecule has 1 aromatic carbocycles. The smallest absolute Gasteiger partial charge is 0.291 e. The molecule has 0 fully saturated rings. The molecule has 2 N–H and O–H groups in total. The summed E-state index contributed by atoms with van der Waals surface area (Å²) in [6, 6.07) is 5.00. The monoisotopic (exact) mass is 239 g/mol. The molecule has 78 valence electrons. The lowest BCUT2D eigenvalue weighted by Crippen LogP contribution is -1.82. The molecule has 5 nitrogen and oxygen atoms in total. The van der Waals surface area contributed by atoms with Gasteiger partial charge in [0.1, 0.15) is 0 Å². The van der Waals surface area contributed by atoms with Crippen molar-refractivity contribution in [2.75, 3.05) is 0 Å². The molecule has 0 atom stereocenters. The first-order valence-electron chi connectivity index (χ1n) is 3.35. The molecule has 0 saturated heterocycles. The van der Waals surface area contributed by atoms with E-state index in [4.69, 9.17) is 43.6 Å². The van der Waals surface area contributed by atoms with Crippen molar-refractivity contribution in [1.29, 1.82) is 0 Å². The predicted molar refractivity (Wildman–Crippen MR) is 51.2 cm³/mol. The molecule has 14 heavy (non-hydrogen) atoms. The number of aliphatic hydroxyl groups excluding tert-OH is 1. The van der Waals surface area contributed by atoms with Crippen molar-refractivity contribution in [2.45, 2.75) is 6.61 Å². The fourth-order valence-corrected chi connectivity index (χ4v) is 1.12. The standard InChI is InChI=1S/C7H6Cl2O.HNO3/c8-6-2-1-5(4-10)7(9)3-6;2-1(3)4/h1-3,10H,4H2;(H,2,3,4). The van der Waals surface area contributed by atoms with Crippen LogP contribution in [-0.4, -0.2) is 15.4 Å². The third kappa shape index (κ3) is 5.58. The number of hydrogen-bond donors (Lipinski definition) is 2. The average molecular weight is 240 g/mol. The summed E-state index contributed by atoms with van der Waals surface area (Å²) in [5.41, 5.74) is 0.700. The van der Waals surface area contributed by atoms with Crippen LogP contribution in [0.1, 0.15) is 5.56 Å². The van der Waals surface area contributed by atoms with Gasteiger partial charge in [-0.15, -0.1) is 10.1 Å². The minimum atomic E-state index is -1.50. The number of aliphatic hydroxyl groups is 1. The topological polar surface area (TPSA) is 83.6 Å². The van der Waals surface area contributed by atoms with Crippen LogP contribution in [0.5, 0.6) is 0 Å². The molecule has 7 heteroatoms. The first-order valence-corrected chi connectivity index (χ1v) is 4.11. The van der Waals surface area contributed by atoms with Crippen LogP contribution in [0.4, 0.5) is 0 Å². The molecule has 0 aliphatic heterocycles. The Morgan fingerprint density at radius 1 is 1.43 bits per heavy atom. The van der Waals surface area contributed by atoms with Crippen molar-refractivity contribution in [3.05, 3.63) is 43.9 Å². The summed E-state index contributed by atoms with van der Waals surface area (Å²) in [7, 11) is 0. The first kappa shape index (κ1) is 13.0. The molecule has 0 heterocycles. The summed E-state index contributed by atoms with van der Waals surface area (Å²) >= 11 is 11.3. The number of benzene rings is 1. The van der Waals surface area contributed by atoms with Gasteiger partial charge in [-0.25, -0.2) is 0 Å². The van der Waals surface area contributed by atoms with Crippen LogP contribution < -0.4 is 0 Å². The van der Waals surface area contributed by atoms with Gasteiger partial charge in [0.2, 0.25) is 0 Å². The van der Waals surface area contributed by atoms with E-state index in [0.29, 0.717) is 15.6 Å². The highest BCUT2D eigenvalue weighted by molar-refractivity contribution is 6.35. The van der Waals surface area contributed by atoms with Crippen LogP contribution in [-0.2, 0) is 6.61 Å². The summed E-state index contributed by atoms with van der Waals surface area (Å²) in [5, 5.41) is 23.4. The Balaban J connectivity index is 0.000000364. The Morgan fingerprint density at radius 2 is 1.93 bits per heavy atom. The summed E-state index contributed by atoms with van der Waals surface area (Å²) in [4.78, 5) is 8.36. The minimum Gasteiger partial charge on any atom is -0.392 e. The fourth-order valence-electron chi connectivity index (χ4n) is 0.650. The number of rotatable bonds is 1. The van der Waals surface area contributed by atoms with Crippen LogP contribution >= 0.6 is 23.2 Å². The zero-order valence-electron chi connectivity index (χ0n) is 6.85. The summed E-state index contributed by atoms with van der Waals surface area (Å²) in [6.07, 6.45) is 0. The van der Waals surface area contributed by atoms with Crippen LogP contribution in [0.15, 0.2) is 18.2 Å². The van der Waals surface area contributed by atoms with E-state index < -0.39 is 5.09 Å². The van der Waals surface area contributed by atoms with Crippen LogP contribution in [0.2, 0.25) is 10.0 Å². The van der Waals surface area contributed by atoms with Crippen molar-refractivity contribution < 1.29 is 15.4 Å². The number of hydrogen-bond acceptors (Lipinski definition) is 3. The van der Waals surface area contributed by atoms with Crippen LogP contribution in [0.3, 0.4) is 0 Å². The second kappa shape index (κ2) is 6.42. The van der Waals surface area contributed by atoms with Crippen molar-refractivity contribution >= 4 is 23.2 Å². The molecule has 0 saturated carbocycles. The van der Waals surface area contributed by atoms with Crippen molar-refractivity contribution in [1.82, 2.24) is 0 Å². The zero-order valence-corrected chi connectivity index (χ0v) is 8.37. The Hall–Kier alpha value is -1.04. The average Bonchev–Trinajstić information content (AvgIpc) is 2.03. The zero-order chi connectivity index (χ0) is 11.1. The highest BCUT2D eigenvalue weighted by Crippen LogP contribution is 2.20. The van der Waals surface area contributed by atoms with Gasteiger partial charge in [-0.3, -0.25) is 0 Å². The van der Waals surface area contributed by atoms with Crippen LogP contribution in [0.25, 0.3) is 0 Å². The Labute approximate surface area is 89.6 Å². The summed E-state index contributed by atoms with van der Waals surface area (Å²) in [6.45, 7) is -0.0456. The molecule has 0 unspecified atom stereocenters. The van der Waals surface area contributed by atoms with E-state index in [1.807, 2.05) is 0 Å². The van der Waals surface area contributed by atoms with Crippen molar-refractivity contribution in [2.24, 2.45) is 0 Å². The third-order valence-electron chi connectivity index (χ3n) is 1.19. The van der Waals surface area contributed by atoms with Gasteiger partial charge >= 0.3 is 0 Å². The highest BCUT2D eigenvalue weighted by Gasteiger charge is 1.97. The Kier molecular flexibility index (Phi) is 5.94. The van der Waals surface area contributed by atoms with Gasteiger partial charge in [0, 0.05) is 10.0 Å². The van der Waals surface area contributed by atoms with E-state index in [-0.39, 0.29) is 6.61 Å². The quantitative estimate of drug-likeness (QED) is 0.581. The van der Waals surface area contributed by atoms with E-state index in [1.165, 1.54) is 0 Å². The van der Waals surface area contributed by atoms with Gasteiger partial charge in [-0.1, -0.05) is 29.3 Å². The van der Waals surface area contributed by atoms with Gasteiger partial charge in [-0.05, 0) is 17.7 Å².